The minimum atomic E-state index is -4.70. The molecule has 2 heterocycles. The highest BCUT2D eigenvalue weighted by molar-refractivity contribution is 5.64. The molecule has 124 valence electrons. The predicted molar refractivity (Wildman–Crippen MR) is 79.2 cm³/mol. The van der Waals surface area contributed by atoms with Gasteiger partial charge in [0.2, 0.25) is 0 Å². The first kappa shape index (κ1) is 14.7. The van der Waals surface area contributed by atoms with Crippen LogP contribution < -0.4 is 10.1 Å². The quantitative estimate of drug-likeness (QED) is 0.796. The molecule has 1 aliphatic rings. The van der Waals surface area contributed by atoms with E-state index in [2.05, 4.69) is 25.1 Å². The molecule has 2 aromatic heterocycles. The molecule has 0 aliphatic heterocycles. The molecule has 0 saturated heterocycles. The van der Waals surface area contributed by atoms with Crippen LogP contribution in [0.1, 0.15) is 17.7 Å². The highest BCUT2D eigenvalue weighted by atomic mass is 19.4. The Morgan fingerprint density at radius 1 is 1.12 bits per heavy atom. The Balaban J connectivity index is 1.66. The summed E-state index contributed by atoms with van der Waals surface area (Å²) in [6.45, 7) is 0. The molecule has 0 bridgehead atoms. The van der Waals surface area contributed by atoms with Crippen LogP contribution >= 0.6 is 0 Å². The van der Waals surface area contributed by atoms with Gasteiger partial charge >= 0.3 is 6.36 Å². The van der Waals surface area contributed by atoms with E-state index >= 15 is 0 Å². The van der Waals surface area contributed by atoms with Crippen molar-refractivity contribution in [3.05, 3.63) is 41.9 Å². The highest BCUT2D eigenvalue weighted by Crippen LogP contribution is 2.31. The molecule has 4 rings (SSSR count). The molecule has 6 nitrogen and oxygen atoms in total. The summed E-state index contributed by atoms with van der Waals surface area (Å²) in [5.41, 5.74) is 2.67. The predicted octanol–water partition coefficient (Wildman–Crippen LogP) is 3.26. The molecule has 1 aliphatic carbocycles. The Morgan fingerprint density at radius 2 is 1.92 bits per heavy atom. The summed E-state index contributed by atoms with van der Waals surface area (Å²) in [6, 6.07) is 5.56. The largest absolute Gasteiger partial charge is 0.573 e. The van der Waals surface area contributed by atoms with Crippen LogP contribution in [-0.2, 0) is 12.8 Å². The number of alkyl halides is 3. The molecule has 1 N–H and O–H groups in total. The summed E-state index contributed by atoms with van der Waals surface area (Å²) >= 11 is 0. The van der Waals surface area contributed by atoms with E-state index in [9.17, 15) is 13.2 Å². The minimum absolute atomic E-state index is 0.265. The standard InChI is InChI=1S/C15H12F3N5O/c16-15(17,18)24-10-6-4-9(5-7-10)21-13-11-2-1-3-12(11)22-14-19-8-20-23(13)14/h4-8,21H,1-3H2. The van der Waals surface area contributed by atoms with Gasteiger partial charge in [0, 0.05) is 11.3 Å². The first-order valence-corrected chi connectivity index (χ1v) is 7.34. The Hall–Kier alpha value is -2.84. The molecular weight excluding hydrogens is 323 g/mol. The number of aromatic nitrogens is 4. The van der Waals surface area contributed by atoms with Crippen LogP contribution in [0.25, 0.3) is 5.78 Å². The summed E-state index contributed by atoms with van der Waals surface area (Å²) in [4.78, 5) is 8.59. The second kappa shape index (κ2) is 5.36. The van der Waals surface area contributed by atoms with Gasteiger partial charge in [0.1, 0.15) is 17.9 Å². The lowest BCUT2D eigenvalue weighted by atomic mass is 10.2. The van der Waals surface area contributed by atoms with Crippen molar-refractivity contribution in [2.24, 2.45) is 0 Å². The third-order valence-corrected chi connectivity index (χ3v) is 3.80. The fourth-order valence-corrected chi connectivity index (χ4v) is 2.83. The van der Waals surface area contributed by atoms with Crippen LogP contribution in [0.3, 0.4) is 0 Å². The van der Waals surface area contributed by atoms with Crippen molar-refractivity contribution >= 4 is 17.3 Å². The van der Waals surface area contributed by atoms with Crippen molar-refractivity contribution in [2.75, 3.05) is 5.32 Å². The second-order valence-corrected chi connectivity index (χ2v) is 5.41. The van der Waals surface area contributed by atoms with Gasteiger partial charge in [-0.05, 0) is 43.5 Å². The van der Waals surface area contributed by atoms with Crippen LogP contribution in [0.5, 0.6) is 5.75 Å². The van der Waals surface area contributed by atoms with Gasteiger partial charge in [-0.15, -0.1) is 13.2 Å². The minimum Gasteiger partial charge on any atom is -0.406 e. The third-order valence-electron chi connectivity index (χ3n) is 3.80. The van der Waals surface area contributed by atoms with Crippen molar-refractivity contribution in [3.63, 3.8) is 0 Å². The fourth-order valence-electron chi connectivity index (χ4n) is 2.83. The van der Waals surface area contributed by atoms with Crippen molar-refractivity contribution in [2.45, 2.75) is 25.6 Å². The average Bonchev–Trinajstić information content (AvgIpc) is 3.16. The van der Waals surface area contributed by atoms with Gasteiger partial charge in [-0.1, -0.05) is 0 Å². The molecule has 0 fully saturated rings. The van der Waals surface area contributed by atoms with Crippen molar-refractivity contribution < 1.29 is 17.9 Å². The first-order valence-electron chi connectivity index (χ1n) is 7.34. The number of benzene rings is 1. The molecule has 9 heteroatoms. The molecule has 0 spiro atoms. The zero-order valence-electron chi connectivity index (χ0n) is 12.3. The van der Waals surface area contributed by atoms with E-state index in [1.807, 2.05) is 0 Å². The summed E-state index contributed by atoms with van der Waals surface area (Å²) in [5, 5.41) is 7.37. The van der Waals surface area contributed by atoms with Gasteiger partial charge in [0.15, 0.2) is 0 Å². The maximum Gasteiger partial charge on any atom is 0.573 e. The normalized spacial score (nSPS) is 14.0. The number of rotatable bonds is 3. The van der Waals surface area contributed by atoms with E-state index in [-0.39, 0.29) is 5.75 Å². The lowest BCUT2D eigenvalue weighted by Crippen LogP contribution is -2.17. The lowest BCUT2D eigenvalue weighted by Gasteiger charge is -2.13. The monoisotopic (exact) mass is 335 g/mol. The summed E-state index contributed by atoms with van der Waals surface area (Å²) in [6.07, 6.45) is -0.527. The molecule has 0 unspecified atom stereocenters. The highest BCUT2D eigenvalue weighted by Gasteiger charge is 2.31. The van der Waals surface area contributed by atoms with Gasteiger partial charge in [-0.25, -0.2) is 4.98 Å². The number of anilines is 2. The van der Waals surface area contributed by atoms with Crippen LogP contribution in [0.2, 0.25) is 0 Å². The fraction of sp³-hybridized carbons (Fsp3) is 0.267. The van der Waals surface area contributed by atoms with Crippen molar-refractivity contribution in [3.8, 4) is 5.75 Å². The number of ether oxygens (including phenoxy) is 1. The Morgan fingerprint density at radius 3 is 2.67 bits per heavy atom. The van der Waals surface area contributed by atoms with Crippen LogP contribution in [0.4, 0.5) is 24.7 Å². The van der Waals surface area contributed by atoms with E-state index in [0.717, 1.165) is 36.3 Å². The number of nitrogens with zero attached hydrogens (tertiary/aromatic N) is 4. The van der Waals surface area contributed by atoms with Crippen molar-refractivity contribution in [1.29, 1.82) is 0 Å². The number of hydrogen-bond acceptors (Lipinski definition) is 5. The van der Waals surface area contributed by atoms with Gasteiger partial charge in [-0.2, -0.15) is 14.6 Å². The van der Waals surface area contributed by atoms with Crippen LogP contribution in [-0.4, -0.2) is 25.9 Å². The van der Waals surface area contributed by atoms with Crippen molar-refractivity contribution in [1.82, 2.24) is 19.6 Å². The van der Waals surface area contributed by atoms with Gasteiger partial charge in [0.05, 0.1) is 5.69 Å². The van der Waals surface area contributed by atoms with E-state index < -0.39 is 6.36 Å². The van der Waals surface area contributed by atoms with Gasteiger partial charge in [-0.3, -0.25) is 0 Å². The Labute approximate surface area is 134 Å². The third kappa shape index (κ3) is 2.72. The zero-order valence-corrected chi connectivity index (χ0v) is 12.3. The summed E-state index contributed by atoms with van der Waals surface area (Å²) in [7, 11) is 0. The molecule has 0 atom stereocenters. The van der Waals surface area contributed by atoms with E-state index in [4.69, 9.17) is 0 Å². The number of fused-ring (bicyclic) bond motifs is 2. The Kier molecular flexibility index (Phi) is 3.29. The summed E-state index contributed by atoms with van der Waals surface area (Å²) < 4.78 is 42.1. The number of hydrogen-bond donors (Lipinski definition) is 1. The molecule has 0 amide bonds. The molecule has 0 saturated carbocycles. The topological polar surface area (TPSA) is 64.3 Å². The Bertz CT molecular complexity index is 889. The van der Waals surface area contributed by atoms with E-state index in [1.54, 1.807) is 4.52 Å². The zero-order chi connectivity index (χ0) is 16.7. The molecule has 3 aromatic rings. The first-order chi connectivity index (χ1) is 11.5. The molecular formula is C15H12F3N5O. The summed E-state index contributed by atoms with van der Waals surface area (Å²) in [5.74, 6) is 0.976. The molecule has 0 radical (unpaired) electrons. The molecule has 24 heavy (non-hydrogen) atoms. The molecule has 1 aromatic carbocycles. The second-order valence-electron chi connectivity index (χ2n) is 5.41. The van der Waals surface area contributed by atoms with E-state index in [1.165, 1.54) is 30.6 Å². The van der Waals surface area contributed by atoms with Gasteiger partial charge in [0.25, 0.3) is 5.78 Å². The maximum absolute atomic E-state index is 12.2. The number of nitrogens with one attached hydrogen (secondary N) is 1. The lowest BCUT2D eigenvalue weighted by molar-refractivity contribution is -0.274. The van der Waals surface area contributed by atoms with Crippen LogP contribution in [0, 0.1) is 0 Å². The SMILES string of the molecule is FC(F)(F)Oc1ccc(Nc2c3c(nc4ncnn24)CCC3)cc1. The van der Waals surface area contributed by atoms with Crippen LogP contribution in [0.15, 0.2) is 30.6 Å². The number of aryl methyl sites for hydroxylation is 1. The van der Waals surface area contributed by atoms with Gasteiger partial charge < -0.3 is 10.1 Å². The maximum atomic E-state index is 12.2. The average molecular weight is 335 g/mol. The smallest absolute Gasteiger partial charge is 0.406 e. The number of halogens is 3. The van der Waals surface area contributed by atoms with E-state index in [0.29, 0.717) is 11.5 Å².